The lowest BCUT2D eigenvalue weighted by Crippen LogP contribution is -2.70. The maximum absolute atomic E-state index is 13.4. The summed E-state index contributed by atoms with van der Waals surface area (Å²) in [5.74, 6) is -1.31. The molecule has 0 aromatic heterocycles. The molecule has 9 heteroatoms. The third-order valence-electron chi connectivity index (χ3n) is 5.42. The molecule has 0 saturated carbocycles. The minimum Gasteiger partial charge on any atom is -0.448 e. The molecule has 178 valence electrons. The first-order chi connectivity index (χ1) is 15.9. The molecule has 0 fully saturated rings. The minimum atomic E-state index is -1.40. The molecule has 0 bridgehead atoms. The largest absolute Gasteiger partial charge is 0.448 e. The summed E-state index contributed by atoms with van der Waals surface area (Å²) in [4.78, 5) is 26.6. The summed E-state index contributed by atoms with van der Waals surface area (Å²) in [6.45, 7) is 2.93. The lowest BCUT2D eigenvalue weighted by Gasteiger charge is -2.42. The van der Waals surface area contributed by atoms with Crippen molar-refractivity contribution < 1.29 is 23.8 Å². The summed E-state index contributed by atoms with van der Waals surface area (Å²) >= 11 is 0. The predicted octanol–water partition coefficient (Wildman–Crippen LogP) is 2.47. The molecule has 2 aromatic rings. The van der Waals surface area contributed by atoms with Crippen LogP contribution in [0.1, 0.15) is 25.3 Å². The van der Waals surface area contributed by atoms with E-state index in [1.807, 2.05) is 30.3 Å². The molecular formula is C24H32N4O5. The number of esters is 1. The number of carbonyl (C=O) groups excluding carboxylic acids is 2. The number of hydrogen-bond acceptors (Lipinski definition) is 8. The van der Waals surface area contributed by atoms with Crippen LogP contribution in [0.25, 0.3) is 0 Å². The van der Waals surface area contributed by atoms with Gasteiger partial charge in [0.25, 0.3) is 5.85 Å². The van der Waals surface area contributed by atoms with Crippen LogP contribution >= 0.6 is 0 Å². The highest BCUT2D eigenvalue weighted by Gasteiger charge is 2.47. The van der Waals surface area contributed by atoms with Crippen molar-refractivity contribution in [1.82, 2.24) is 10.6 Å². The van der Waals surface area contributed by atoms with Gasteiger partial charge in [-0.2, -0.15) is 0 Å². The van der Waals surface area contributed by atoms with Crippen molar-refractivity contribution in [1.29, 1.82) is 0 Å². The summed E-state index contributed by atoms with van der Waals surface area (Å²) in [5, 5.41) is 8.89. The Morgan fingerprint density at radius 2 is 1.82 bits per heavy atom. The number of benzene rings is 2. The van der Waals surface area contributed by atoms with Gasteiger partial charge in [0.05, 0.1) is 18.0 Å². The molecule has 3 rings (SSSR count). The number of amides is 1. The Morgan fingerprint density at radius 1 is 1.09 bits per heavy atom. The zero-order chi connectivity index (χ0) is 23.8. The molecule has 9 nitrogen and oxygen atoms in total. The summed E-state index contributed by atoms with van der Waals surface area (Å²) < 4.78 is 17.1. The van der Waals surface area contributed by atoms with E-state index in [4.69, 9.17) is 14.2 Å². The number of unbranched alkanes of at least 4 members (excludes halogenated alkanes) is 1. The second-order valence-electron chi connectivity index (χ2n) is 7.65. The smallest absolute Gasteiger partial charge is 0.308 e. The molecule has 1 aliphatic rings. The molecule has 1 aliphatic heterocycles. The fourth-order valence-corrected chi connectivity index (χ4v) is 3.69. The molecule has 0 saturated heterocycles. The topological polar surface area (TPSA) is 101 Å². The zero-order valence-corrected chi connectivity index (χ0v) is 19.6. The highest BCUT2D eigenvalue weighted by molar-refractivity contribution is 6.03. The van der Waals surface area contributed by atoms with Crippen LogP contribution in [0, 0.1) is 0 Å². The number of anilines is 2. The molecule has 0 aliphatic carbocycles. The van der Waals surface area contributed by atoms with Crippen molar-refractivity contribution in [3.8, 4) is 11.5 Å². The van der Waals surface area contributed by atoms with E-state index in [1.165, 1.54) is 6.92 Å². The molecule has 3 N–H and O–H groups in total. The average molecular weight is 457 g/mol. The first-order valence-electron chi connectivity index (χ1n) is 11.0. The fraction of sp³-hybridized carbons (Fsp3) is 0.417. The van der Waals surface area contributed by atoms with Gasteiger partial charge in [-0.25, -0.2) is 0 Å². The quantitative estimate of drug-likeness (QED) is 0.205. The van der Waals surface area contributed by atoms with Crippen LogP contribution < -0.4 is 30.3 Å². The highest BCUT2D eigenvalue weighted by Crippen LogP contribution is 2.43. The van der Waals surface area contributed by atoms with Gasteiger partial charge in [0.15, 0.2) is 5.75 Å². The van der Waals surface area contributed by atoms with Crippen LogP contribution in [-0.4, -0.2) is 52.0 Å². The molecule has 0 spiro atoms. The van der Waals surface area contributed by atoms with E-state index in [0.717, 1.165) is 18.4 Å². The Labute approximate surface area is 194 Å². The third-order valence-corrected chi connectivity index (χ3v) is 5.42. The van der Waals surface area contributed by atoms with Crippen LogP contribution in [0.3, 0.4) is 0 Å². The Hall–Kier alpha value is -3.14. The van der Waals surface area contributed by atoms with Crippen molar-refractivity contribution in [3.63, 3.8) is 0 Å². The summed E-state index contributed by atoms with van der Waals surface area (Å²) in [6.07, 6.45) is 1.50. The van der Waals surface area contributed by atoms with Gasteiger partial charge in [-0.15, -0.1) is 0 Å². The van der Waals surface area contributed by atoms with E-state index in [0.29, 0.717) is 42.6 Å². The molecular weight excluding hydrogens is 424 g/mol. The molecule has 1 amide bonds. The predicted molar refractivity (Wildman–Crippen MR) is 126 cm³/mol. The molecule has 0 unspecified atom stereocenters. The van der Waals surface area contributed by atoms with Gasteiger partial charge < -0.3 is 24.4 Å². The van der Waals surface area contributed by atoms with Crippen molar-refractivity contribution in [2.45, 2.75) is 32.2 Å². The van der Waals surface area contributed by atoms with E-state index in [-0.39, 0.29) is 5.91 Å². The summed E-state index contributed by atoms with van der Waals surface area (Å²) in [5.41, 5.74) is 2.25. The number of hydrogen-bond donors (Lipinski definition) is 3. The number of nitrogens with zero attached hydrogens (tertiary/aromatic N) is 1. The standard InChI is InChI=1S/C24H32N4O5/c1-17(29)32-21-15-20-22(14-19(21)25-2)33-24(26-3,27-4)23(30)28(20)12-8-9-13-31-16-18-10-6-5-7-11-18/h5-7,10-11,14-15,25-27H,8-9,12-13,16H2,1-4H3. The van der Waals surface area contributed by atoms with Crippen molar-refractivity contribution in [2.24, 2.45) is 0 Å². The Morgan fingerprint density at radius 3 is 2.45 bits per heavy atom. The van der Waals surface area contributed by atoms with Crippen LogP contribution in [-0.2, 0) is 20.9 Å². The van der Waals surface area contributed by atoms with Gasteiger partial charge in [0.2, 0.25) is 0 Å². The van der Waals surface area contributed by atoms with E-state index in [1.54, 1.807) is 38.2 Å². The van der Waals surface area contributed by atoms with Gasteiger partial charge in [0, 0.05) is 39.3 Å². The second kappa shape index (κ2) is 11.1. The van der Waals surface area contributed by atoms with Gasteiger partial charge in [-0.3, -0.25) is 20.2 Å². The van der Waals surface area contributed by atoms with E-state index >= 15 is 0 Å². The SMILES string of the molecule is CNc1cc2c(cc1OC(C)=O)N(CCCCOCc1ccccc1)C(=O)C(NC)(NC)O2. The second-order valence-corrected chi connectivity index (χ2v) is 7.65. The van der Waals surface area contributed by atoms with Gasteiger partial charge in [-0.05, 0) is 32.5 Å². The van der Waals surface area contributed by atoms with Crippen molar-refractivity contribution in [3.05, 3.63) is 48.0 Å². The zero-order valence-electron chi connectivity index (χ0n) is 19.6. The number of nitrogens with one attached hydrogen (secondary N) is 3. The highest BCUT2D eigenvalue weighted by atomic mass is 16.5. The molecule has 33 heavy (non-hydrogen) atoms. The first kappa shape index (κ1) is 24.5. The fourth-order valence-electron chi connectivity index (χ4n) is 3.69. The van der Waals surface area contributed by atoms with Crippen LogP contribution in [0.4, 0.5) is 11.4 Å². The normalized spacial score (nSPS) is 14.4. The van der Waals surface area contributed by atoms with Crippen LogP contribution in [0.15, 0.2) is 42.5 Å². The number of carbonyl (C=O) groups is 2. The molecule has 2 aromatic carbocycles. The Balaban J connectivity index is 1.74. The van der Waals surface area contributed by atoms with E-state index < -0.39 is 11.8 Å². The van der Waals surface area contributed by atoms with E-state index in [9.17, 15) is 9.59 Å². The maximum atomic E-state index is 13.4. The first-order valence-corrected chi connectivity index (χ1v) is 11.0. The monoisotopic (exact) mass is 456 g/mol. The van der Waals surface area contributed by atoms with Crippen LogP contribution in [0.2, 0.25) is 0 Å². The average Bonchev–Trinajstić information content (AvgIpc) is 2.82. The number of rotatable bonds is 11. The molecule has 1 heterocycles. The van der Waals surface area contributed by atoms with Gasteiger partial charge >= 0.3 is 11.9 Å². The number of ether oxygens (including phenoxy) is 3. The number of fused-ring (bicyclic) bond motifs is 1. The van der Waals surface area contributed by atoms with Crippen molar-refractivity contribution >= 4 is 23.3 Å². The minimum absolute atomic E-state index is 0.281. The lowest BCUT2D eigenvalue weighted by atomic mass is 10.1. The maximum Gasteiger partial charge on any atom is 0.308 e. The molecule has 0 radical (unpaired) electrons. The molecule has 0 atom stereocenters. The Kier molecular flexibility index (Phi) is 8.26. The number of likely N-dealkylation sites (N-methyl/N-ethyl adjacent to an activating group) is 2. The summed E-state index contributed by atoms with van der Waals surface area (Å²) in [7, 11) is 5.03. The van der Waals surface area contributed by atoms with Gasteiger partial charge in [-0.1, -0.05) is 30.3 Å². The lowest BCUT2D eigenvalue weighted by molar-refractivity contribution is -0.141. The van der Waals surface area contributed by atoms with Crippen molar-refractivity contribution in [2.75, 3.05) is 44.5 Å². The summed E-state index contributed by atoms with van der Waals surface area (Å²) in [6, 6.07) is 13.4. The van der Waals surface area contributed by atoms with Gasteiger partial charge in [0.1, 0.15) is 5.75 Å². The Bertz CT molecular complexity index is 963. The third kappa shape index (κ3) is 5.62. The van der Waals surface area contributed by atoms with E-state index in [2.05, 4.69) is 16.0 Å². The van der Waals surface area contributed by atoms with Crippen LogP contribution in [0.5, 0.6) is 11.5 Å².